The zero-order chi connectivity index (χ0) is 26.0. The highest BCUT2D eigenvalue weighted by Gasteiger charge is 2.36. The number of para-hydroxylation sites is 1. The lowest BCUT2D eigenvalue weighted by atomic mass is 9.98. The summed E-state index contributed by atoms with van der Waals surface area (Å²) in [5, 5.41) is 4.28. The van der Waals surface area contributed by atoms with Crippen LogP contribution in [0.2, 0.25) is 0 Å². The molecule has 1 aliphatic rings. The van der Waals surface area contributed by atoms with Crippen molar-refractivity contribution in [2.45, 2.75) is 52.3 Å². The number of phosphoric ester groups is 1. The lowest BCUT2D eigenvalue weighted by Crippen LogP contribution is -2.25. The number of nitrogens with two attached hydrogens (primary N) is 1. The van der Waals surface area contributed by atoms with Crippen molar-refractivity contribution in [3.63, 3.8) is 0 Å². The van der Waals surface area contributed by atoms with Crippen LogP contribution in [0.1, 0.15) is 43.6 Å². The van der Waals surface area contributed by atoms with Gasteiger partial charge in [-0.15, -0.1) is 0 Å². The Morgan fingerprint density at radius 1 is 1.16 bits per heavy atom. The van der Waals surface area contributed by atoms with Crippen molar-refractivity contribution in [2.75, 3.05) is 25.5 Å². The van der Waals surface area contributed by atoms with Gasteiger partial charge in [0.1, 0.15) is 11.3 Å². The molecule has 5 rings (SSSR count). The van der Waals surface area contributed by atoms with Gasteiger partial charge in [0.05, 0.1) is 43.4 Å². The predicted octanol–water partition coefficient (Wildman–Crippen LogP) is 5.18. The number of hydrogen-bond acceptors (Lipinski definition) is 8. The molecule has 0 saturated carbocycles. The van der Waals surface area contributed by atoms with Crippen LogP contribution in [-0.4, -0.2) is 40.4 Å². The zero-order valence-electron chi connectivity index (χ0n) is 21.5. The van der Waals surface area contributed by atoms with Gasteiger partial charge in [0.2, 0.25) is 0 Å². The molecule has 10 heteroatoms. The summed E-state index contributed by atoms with van der Waals surface area (Å²) in [7, 11) is -3.71. The van der Waals surface area contributed by atoms with Crippen LogP contribution in [0.4, 0.5) is 5.82 Å². The van der Waals surface area contributed by atoms with Gasteiger partial charge in [0.25, 0.3) is 0 Å². The molecule has 2 aromatic carbocycles. The van der Waals surface area contributed by atoms with E-state index in [-0.39, 0.29) is 19.1 Å². The Balaban J connectivity index is 1.36. The summed E-state index contributed by atoms with van der Waals surface area (Å²) in [6, 6.07) is 16.2. The highest BCUT2D eigenvalue weighted by atomic mass is 31.2. The second-order valence-electron chi connectivity index (χ2n) is 9.38. The van der Waals surface area contributed by atoms with Gasteiger partial charge < -0.3 is 15.6 Å². The van der Waals surface area contributed by atoms with E-state index in [1.165, 1.54) is 5.56 Å². The van der Waals surface area contributed by atoms with Gasteiger partial charge in [-0.05, 0) is 37.1 Å². The molecule has 1 unspecified atom stereocenters. The first-order valence-electron chi connectivity index (χ1n) is 12.8. The predicted molar refractivity (Wildman–Crippen MR) is 145 cm³/mol. The number of hydrogen-bond donors (Lipinski definition) is 2. The number of imidazole rings is 1. The number of nitrogen functional groups attached to an aromatic ring is 1. The number of phosphoric acid groups is 1. The summed E-state index contributed by atoms with van der Waals surface area (Å²) >= 11 is 0. The quantitative estimate of drug-likeness (QED) is 0.289. The van der Waals surface area contributed by atoms with Crippen molar-refractivity contribution in [3.05, 3.63) is 65.5 Å². The minimum atomic E-state index is -3.71. The van der Waals surface area contributed by atoms with E-state index in [1.54, 1.807) is 0 Å². The molecule has 1 fully saturated rings. The van der Waals surface area contributed by atoms with E-state index < -0.39 is 13.9 Å². The highest BCUT2D eigenvalue weighted by molar-refractivity contribution is 7.48. The van der Waals surface area contributed by atoms with Crippen LogP contribution < -0.4 is 11.1 Å². The Morgan fingerprint density at radius 3 is 2.70 bits per heavy atom. The molecule has 2 aromatic heterocycles. The molecule has 0 bridgehead atoms. The topological polar surface area (TPSA) is 114 Å². The molecule has 9 nitrogen and oxygen atoms in total. The van der Waals surface area contributed by atoms with E-state index in [1.807, 2.05) is 44.2 Å². The molecular formula is C27H34N5O4P. The molecule has 0 spiro atoms. The standard InChI is InChI=1S/C27H34N5O4P/c1-4-19-9-8-10-20(13-19)21-16-34-37(33,35-17-21)36-18(3)15-32-24(14-29-5-2)31-25-26(32)22-11-6-7-12-23(22)30-27(25)28/h6-13,18,21,29H,4-5,14-17H2,1-3H3,(H2,28,30). The molecule has 3 heterocycles. The maximum atomic E-state index is 13.3. The minimum absolute atomic E-state index is 0.0126. The highest BCUT2D eigenvalue weighted by Crippen LogP contribution is 2.54. The second kappa shape index (κ2) is 10.9. The van der Waals surface area contributed by atoms with E-state index in [4.69, 9.17) is 24.3 Å². The van der Waals surface area contributed by atoms with E-state index >= 15 is 0 Å². The normalized spacial score (nSPS) is 21.0. The molecule has 0 aliphatic carbocycles. The van der Waals surface area contributed by atoms with Gasteiger partial charge in [0.15, 0.2) is 5.82 Å². The third-order valence-electron chi connectivity index (χ3n) is 6.67. The first kappa shape index (κ1) is 25.8. The average Bonchev–Trinajstić information content (AvgIpc) is 3.26. The van der Waals surface area contributed by atoms with Crippen LogP contribution in [0.3, 0.4) is 0 Å². The largest absolute Gasteiger partial charge is 0.475 e. The van der Waals surface area contributed by atoms with Gasteiger partial charge in [-0.25, -0.2) is 14.5 Å². The zero-order valence-corrected chi connectivity index (χ0v) is 22.4. The van der Waals surface area contributed by atoms with Crippen molar-refractivity contribution in [2.24, 2.45) is 0 Å². The minimum Gasteiger partial charge on any atom is -0.382 e. The summed E-state index contributed by atoms with van der Waals surface area (Å²) in [4.78, 5) is 9.33. The Labute approximate surface area is 216 Å². The van der Waals surface area contributed by atoms with Crippen molar-refractivity contribution in [1.29, 1.82) is 0 Å². The third-order valence-corrected chi connectivity index (χ3v) is 8.22. The molecular weight excluding hydrogens is 489 g/mol. The molecule has 0 radical (unpaired) electrons. The van der Waals surface area contributed by atoms with Crippen LogP contribution in [0.25, 0.3) is 21.9 Å². The number of benzene rings is 2. The van der Waals surface area contributed by atoms with Crippen molar-refractivity contribution in [3.8, 4) is 0 Å². The van der Waals surface area contributed by atoms with E-state index in [0.717, 1.165) is 40.8 Å². The van der Waals surface area contributed by atoms with Crippen LogP contribution in [0.5, 0.6) is 0 Å². The van der Waals surface area contributed by atoms with Crippen LogP contribution in [0.15, 0.2) is 48.5 Å². The van der Waals surface area contributed by atoms with Crippen molar-refractivity contribution >= 4 is 35.6 Å². The SMILES string of the molecule is CCNCc1nc2c(N)nc3ccccc3c2n1CC(C)OP1(=O)OCC(c2cccc(CC)c2)CO1. The average molecular weight is 524 g/mol. The van der Waals surface area contributed by atoms with Crippen molar-refractivity contribution < 1.29 is 18.1 Å². The maximum absolute atomic E-state index is 13.3. The van der Waals surface area contributed by atoms with Crippen molar-refractivity contribution in [1.82, 2.24) is 19.9 Å². The van der Waals surface area contributed by atoms with Crippen LogP contribution in [0, 0.1) is 0 Å². The summed E-state index contributed by atoms with van der Waals surface area (Å²) < 4.78 is 32.7. The van der Waals surface area contributed by atoms with E-state index in [0.29, 0.717) is 24.4 Å². The number of fused-ring (bicyclic) bond motifs is 3. The molecule has 3 N–H and O–H groups in total. The van der Waals surface area contributed by atoms with Gasteiger partial charge in [-0.3, -0.25) is 13.6 Å². The van der Waals surface area contributed by atoms with Gasteiger partial charge in [-0.1, -0.05) is 56.3 Å². The van der Waals surface area contributed by atoms with Crippen LogP contribution in [-0.2, 0) is 37.6 Å². The van der Waals surface area contributed by atoms with Gasteiger partial charge in [0, 0.05) is 11.3 Å². The molecule has 1 aliphatic heterocycles. The van der Waals surface area contributed by atoms with E-state index in [9.17, 15) is 4.57 Å². The number of aromatic nitrogens is 3. The fourth-order valence-corrected chi connectivity index (χ4v) is 6.18. The number of anilines is 1. The Hall–Kier alpha value is -2.81. The fourth-order valence-electron chi connectivity index (χ4n) is 4.75. The van der Waals surface area contributed by atoms with Crippen LogP contribution >= 0.6 is 7.82 Å². The number of aryl methyl sites for hydroxylation is 1. The molecule has 4 aromatic rings. The summed E-state index contributed by atoms with van der Waals surface area (Å²) in [6.45, 7) is 8.32. The Morgan fingerprint density at radius 2 is 1.95 bits per heavy atom. The summed E-state index contributed by atoms with van der Waals surface area (Å²) in [5.41, 5.74) is 11.0. The summed E-state index contributed by atoms with van der Waals surface area (Å²) in [6.07, 6.45) is 0.480. The van der Waals surface area contributed by atoms with E-state index in [2.05, 4.69) is 40.0 Å². The summed E-state index contributed by atoms with van der Waals surface area (Å²) in [5.74, 6) is 1.19. The number of rotatable bonds is 9. The molecule has 0 amide bonds. The molecule has 196 valence electrons. The maximum Gasteiger partial charge on any atom is 0.475 e. The number of nitrogens with one attached hydrogen (secondary N) is 1. The number of pyridine rings is 1. The fraction of sp³-hybridized carbons (Fsp3) is 0.407. The molecule has 1 saturated heterocycles. The molecule has 1 atom stereocenters. The van der Waals surface area contributed by atoms with Gasteiger partial charge >= 0.3 is 7.82 Å². The molecule has 37 heavy (non-hydrogen) atoms. The lowest BCUT2D eigenvalue weighted by Gasteiger charge is -2.30. The Bertz CT molecular complexity index is 1440. The smallest absolute Gasteiger partial charge is 0.382 e. The second-order valence-corrected chi connectivity index (χ2v) is 11.0. The first-order chi connectivity index (χ1) is 17.9. The van der Waals surface area contributed by atoms with Gasteiger partial charge in [-0.2, -0.15) is 0 Å². The monoisotopic (exact) mass is 523 g/mol. The third kappa shape index (κ3) is 5.42. The number of nitrogens with zero attached hydrogens (tertiary/aromatic N) is 3. The Kier molecular flexibility index (Phi) is 7.60. The lowest BCUT2D eigenvalue weighted by molar-refractivity contribution is 0.0386. The first-order valence-corrected chi connectivity index (χ1v) is 14.3.